The van der Waals surface area contributed by atoms with Crippen molar-refractivity contribution in [3.63, 3.8) is 0 Å². The van der Waals surface area contributed by atoms with E-state index in [0.717, 1.165) is 18.8 Å². The number of ether oxygens (including phenoxy) is 2. The highest BCUT2D eigenvalue weighted by Gasteiger charge is 2.31. The highest BCUT2D eigenvalue weighted by Crippen LogP contribution is 2.40. The zero-order valence-corrected chi connectivity index (χ0v) is 14.1. The van der Waals surface area contributed by atoms with Crippen molar-refractivity contribution < 1.29 is 19.4 Å². The number of methoxy groups -OCH3 is 1. The molecule has 0 atom stereocenters. The Morgan fingerprint density at radius 2 is 1.96 bits per heavy atom. The van der Waals surface area contributed by atoms with Gasteiger partial charge in [-0.3, -0.25) is 4.90 Å². The Morgan fingerprint density at radius 3 is 2.43 bits per heavy atom. The van der Waals surface area contributed by atoms with Crippen LogP contribution in [0.2, 0.25) is 0 Å². The number of carbonyl (C=O) groups is 1. The monoisotopic (exact) mass is 323 g/mol. The summed E-state index contributed by atoms with van der Waals surface area (Å²) in [6.45, 7) is 8.26. The van der Waals surface area contributed by atoms with E-state index in [1.807, 2.05) is 20.8 Å². The summed E-state index contributed by atoms with van der Waals surface area (Å²) in [4.78, 5) is 15.1. The number of hydrogen-bond donors (Lipinski definition) is 2. The molecule has 1 heterocycles. The molecule has 0 radical (unpaired) electrons. The second-order valence-electron chi connectivity index (χ2n) is 6.47. The minimum atomic E-state index is -1.05. The number of rotatable bonds is 3. The molecular weight excluding hydrogens is 298 g/mol. The van der Waals surface area contributed by atoms with Crippen LogP contribution in [0.15, 0.2) is 12.1 Å². The second kappa shape index (κ2) is 6.54. The van der Waals surface area contributed by atoms with Gasteiger partial charge in [0, 0.05) is 24.7 Å². The number of anilines is 3. The maximum atomic E-state index is 11.7. The van der Waals surface area contributed by atoms with Crippen LogP contribution < -0.4 is 20.3 Å². The fourth-order valence-electron chi connectivity index (χ4n) is 2.74. The lowest BCUT2D eigenvalue weighted by molar-refractivity contribution is 0.123. The van der Waals surface area contributed by atoms with E-state index in [1.54, 1.807) is 12.1 Å². The van der Waals surface area contributed by atoms with Crippen LogP contribution in [0.4, 0.5) is 21.9 Å². The first-order valence-corrected chi connectivity index (χ1v) is 7.59. The van der Waals surface area contributed by atoms with Crippen molar-refractivity contribution in [2.75, 3.05) is 48.9 Å². The predicted octanol–water partition coefficient (Wildman–Crippen LogP) is 2.40. The molecule has 3 N–H and O–H groups in total. The van der Waals surface area contributed by atoms with Gasteiger partial charge in [0.15, 0.2) is 0 Å². The number of morpholine rings is 1. The van der Waals surface area contributed by atoms with Gasteiger partial charge < -0.3 is 25.2 Å². The predicted molar refractivity (Wildman–Crippen MR) is 90.7 cm³/mol. The Morgan fingerprint density at radius 1 is 1.35 bits per heavy atom. The number of hydrogen-bond acceptors (Lipinski definition) is 5. The van der Waals surface area contributed by atoms with Gasteiger partial charge >= 0.3 is 6.09 Å². The van der Waals surface area contributed by atoms with E-state index in [4.69, 9.17) is 15.2 Å². The molecule has 0 aromatic heterocycles. The average Bonchev–Trinajstić information content (AvgIpc) is 2.46. The molecule has 1 saturated heterocycles. The molecule has 0 unspecified atom stereocenters. The summed E-state index contributed by atoms with van der Waals surface area (Å²) in [5.74, 6) is 0.484. The van der Waals surface area contributed by atoms with Crippen LogP contribution in [0.25, 0.3) is 0 Å². The Hall–Kier alpha value is -2.15. The summed E-state index contributed by atoms with van der Waals surface area (Å²) in [6, 6.07) is 3.47. The Labute approximate surface area is 136 Å². The standard InChI is InChI=1S/C16H25N3O4/c1-16(2,3)19(15(20)21)13-9-11(17)12(10-14(13)22-4)18-5-7-23-8-6-18/h9-10H,5-8,17H2,1-4H3,(H,20,21). The molecule has 2 rings (SSSR count). The van der Waals surface area contributed by atoms with E-state index in [2.05, 4.69) is 4.90 Å². The summed E-state index contributed by atoms with van der Waals surface area (Å²) in [5.41, 5.74) is 7.39. The van der Waals surface area contributed by atoms with Crippen molar-refractivity contribution in [2.24, 2.45) is 0 Å². The molecule has 128 valence electrons. The molecule has 1 aliphatic rings. The van der Waals surface area contributed by atoms with E-state index in [1.165, 1.54) is 12.0 Å². The normalized spacial score (nSPS) is 15.4. The number of amides is 1. The molecule has 0 bridgehead atoms. The van der Waals surface area contributed by atoms with E-state index in [9.17, 15) is 9.90 Å². The highest BCUT2D eigenvalue weighted by atomic mass is 16.5. The van der Waals surface area contributed by atoms with E-state index in [0.29, 0.717) is 30.3 Å². The number of carboxylic acid groups (broad SMARTS) is 1. The van der Waals surface area contributed by atoms with E-state index >= 15 is 0 Å². The molecule has 0 saturated carbocycles. The Kier molecular flexibility index (Phi) is 4.89. The molecule has 1 aromatic carbocycles. The van der Waals surface area contributed by atoms with E-state index in [-0.39, 0.29) is 0 Å². The van der Waals surface area contributed by atoms with Gasteiger partial charge in [0.2, 0.25) is 0 Å². The van der Waals surface area contributed by atoms with Gasteiger partial charge in [0.05, 0.1) is 37.4 Å². The molecule has 0 spiro atoms. The fourth-order valence-corrected chi connectivity index (χ4v) is 2.74. The highest BCUT2D eigenvalue weighted by molar-refractivity contribution is 5.92. The number of nitrogens with two attached hydrogens (primary N) is 1. The van der Waals surface area contributed by atoms with Gasteiger partial charge in [-0.15, -0.1) is 0 Å². The average molecular weight is 323 g/mol. The fraction of sp³-hybridized carbons (Fsp3) is 0.562. The molecule has 0 aliphatic carbocycles. The van der Waals surface area contributed by atoms with Crippen molar-refractivity contribution in [1.82, 2.24) is 0 Å². The summed E-state index contributed by atoms with van der Waals surface area (Å²) in [7, 11) is 1.53. The van der Waals surface area contributed by atoms with Crippen LogP contribution in [-0.2, 0) is 4.74 Å². The lowest BCUT2D eigenvalue weighted by atomic mass is 10.0. The van der Waals surface area contributed by atoms with Crippen LogP contribution in [-0.4, -0.2) is 50.2 Å². The zero-order chi connectivity index (χ0) is 17.2. The molecule has 7 heteroatoms. The zero-order valence-electron chi connectivity index (χ0n) is 14.1. The minimum absolute atomic E-state index is 0.446. The Balaban J connectivity index is 2.49. The third-order valence-corrected chi connectivity index (χ3v) is 3.78. The topological polar surface area (TPSA) is 88.3 Å². The molecule has 23 heavy (non-hydrogen) atoms. The van der Waals surface area contributed by atoms with Crippen LogP contribution in [0.5, 0.6) is 5.75 Å². The van der Waals surface area contributed by atoms with Crippen molar-refractivity contribution in [1.29, 1.82) is 0 Å². The smallest absolute Gasteiger partial charge is 0.412 e. The summed E-state index contributed by atoms with van der Waals surface area (Å²) in [6.07, 6.45) is -1.05. The Bertz CT molecular complexity index is 577. The van der Waals surface area contributed by atoms with Crippen molar-refractivity contribution >= 4 is 23.2 Å². The summed E-state index contributed by atoms with van der Waals surface area (Å²) < 4.78 is 10.8. The van der Waals surface area contributed by atoms with E-state index < -0.39 is 11.6 Å². The van der Waals surface area contributed by atoms with Crippen molar-refractivity contribution in [2.45, 2.75) is 26.3 Å². The molecule has 1 amide bonds. The van der Waals surface area contributed by atoms with Crippen LogP contribution >= 0.6 is 0 Å². The minimum Gasteiger partial charge on any atom is -0.494 e. The number of nitrogen functional groups attached to an aromatic ring is 1. The van der Waals surface area contributed by atoms with Gasteiger partial charge in [-0.25, -0.2) is 4.79 Å². The third kappa shape index (κ3) is 3.61. The first kappa shape index (κ1) is 17.2. The van der Waals surface area contributed by atoms with Crippen molar-refractivity contribution in [3.05, 3.63) is 12.1 Å². The van der Waals surface area contributed by atoms with Crippen LogP contribution in [0.1, 0.15) is 20.8 Å². The summed E-state index contributed by atoms with van der Waals surface area (Å²) >= 11 is 0. The SMILES string of the molecule is COc1cc(N2CCOCC2)c(N)cc1N(C(=O)O)C(C)(C)C. The van der Waals surface area contributed by atoms with Crippen LogP contribution in [0, 0.1) is 0 Å². The maximum absolute atomic E-state index is 11.7. The lowest BCUT2D eigenvalue weighted by Crippen LogP contribution is -2.45. The number of benzene rings is 1. The molecular formula is C16H25N3O4. The molecule has 1 aliphatic heterocycles. The quantitative estimate of drug-likeness (QED) is 0.830. The van der Waals surface area contributed by atoms with Crippen molar-refractivity contribution in [3.8, 4) is 5.75 Å². The van der Waals surface area contributed by atoms with Gasteiger partial charge in [0.1, 0.15) is 5.75 Å². The van der Waals surface area contributed by atoms with Gasteiger partial charge in [-0.05, 0) is 26.8 Å². The molecule has 7 nitrogen and oxygen atoms in total. The van der Waals surface area contributed by atoms with Gasteiger partial charge in [0.25, 0.3) is 0 Å². The van der Waals surface area contributed by atoms with Gasteiger partial charge in [-0.1, -0.05) is 0 Å². The third-order valence-electron chi connectivity index (χ3n) is 3.78. The first-order valence-electron chi connectivity index (χ1n) is 7.59. The first-order chi connectivity index (χ1) is 10.8. The lowest BCUT2D eigenvalue weighted by Gasteiger charge is -2.35. The second-order valence-corrected chi connectivity index (χ2v) is 6.47. The van der Waals surface area contributed by atoms with Crippen LogP contribution in [0.3, 0.4) is 0 Å². The van der Waals surface area contributed by atoms with Gasteiger partial charge in [-0.2, -0.15) is 0 Å². The maximum Gasteiger partial charge on any atom is 0.412 e. The molecule has 1 aromatic rings. The molecule has 1 fully saturated rings. The largest absolute Gasteiger partial charge is 0.494 e. The number of nitrogens with zero attached hydrogens (tertiary/aromatic N) is 2. The summed E-state index contributed by atoms with van der Waals surface area (Å²) in [5, 5.41) is 9.59.